The van der Waals surface area contributed by atoms with Crippen molar-refractivity contribution in [2.24, 2.45) is 5.92 Å². The second-order valence-corrected chi connectivity index (χ2v) is 14.4. The molecule has 54 heavy (non-hydrogen) atoms. The van der Waals surface area contributed by atoms with Crippen molar-refractivity contribution in [1.29, 1.82) is 0 Å². The molecule has 0 saturated carbocycles. The van der Waals surface area contributed by atoms with E-state index in [-0.39, 0.29) is 48.0 Å². The third kappa shape index (κ3) is 9.72. The molecule has 1 aliphatic carbocycles. The number of benzene rings is 2. The van der Waals surface area contributed by atoms with Crippen LogP contribution in [0.3, 0.4) is 0 Å². The highest BCUT2D eigenvalue weighted by atomic mass is 16.5. The lowest BCUT2D eigenvalue weighted by atomic mass is 9.93. The molecule has 2 bridgehead atoms. The first-order valence-corrected chi connectivity index (χ1v) is 18.3. The summed E-state index contributed by atoms with van der Waals surface area (Å²) in [5.74, 6) is -2.81. The fraction of sp³-hybridized carbons (Fsp3) is 0.450. The van der Waals surface area contributed by atoms with Gasteiger partial charge in [-0.25, -0.2) is 0 Å². The summed E-state index contributed by atoms with van der Waals surface area (Å²) in [6, 6.07) is 11.0. The molecule has 6 atom stereocenters. The molecular weight excluding hydrogens is 694 g/mol. The first-order valence-electron chi connectivity index (χ1n) is 18.3. The Morgan fingerprint density at radius 3 is 2.19 bits per heavy atom. The molecule has 2 aliphatic heterocycles. The van der Waals surface area contributed by atoms with Crippen LogP contribution in [-0.2, 0) is 38.4 Å². The van der Waals surface area contributed by atoms with Crippen molar-refractivity contribution < 1.29 is 43.0 Å². The lowest BCUT2D eigenvalue weighted by Gasteiger charge is -2.29. The lowest BCUT2D eigenvalue weighted by Crippen LogP contribution is -2.61. The molecular formula is C40H49N5O9. The van der Waals surface area contributed by atoms with E-state index in [0.717, 1.165) is 5.56 Å². The summed E-state index contributed by atoms with van der Waals surface area (Å²) in [6.07, 6.45) is 0.466. The van der Waals surface area contributed by atoms with Gasteiger partial charge in [0, 0.05) is 19.3 Å². The Morgan fingerprint density at radius 2 is 1.52 bits per heavy atom. The Bertz CT molecular complexity index is 1850. The van der Waals surface area contributed by atoms with Crippen molar-refractivity contribution in [2.45, 2.75) is 103 Å². The molecule has 2 aromatic carbocycles. The Hall–Kier alpha value is -5.50. The highest BCUT2D eigenvalue weighted by Crippen LogP contribution is 2.30. The predicted octanol–water partition coefficient (Wildman–Crippen LogP) is 2.08. The quantitative estimate of drug-likeness (QED) is 0.204. The number of ether oxygens (including phenoxy) is 1. The summed E-state index contributed by atoms with van der Waals surface area (Å²) < 4.78 is 11.9. The SMILES string of the molecule is Cc1oc2c(c1C(=O)N[C@H]1Cc3ccc(cc3)OC[C@H](Cc3ccccc3)NC(=O)[C@@H](C(C)C)NC(=O)[C@H]([C@@H](C)O)NC(=O)[C@@H](C)NC1=O)C(=O)CCC2. The highest BCUT2D eigenvalue weighted by Gasteiger charge is 2.35. The van der Waals surface area contributed by atoms with E-state index in [1.807, 2.05) is 30.3 Å². The first kappa shape index (κ1) is 39.7. The average Bonchev–Trinajstić information content (AvgIpc) is 3.48. The smallest absolute Gasteiger partial charge is 0.256 e. The molecule has 14 nitrogen and oxygen atoms in total. The van der Waals surface area contributed by atoms with E-state index in [1.165, 1.54) is 13.8 Å². The Balaban J connectivity index is 1.46. The van der Waals surface area contributed by atoms with Gasteiger partial charge in [-0.15, -0.1) is 0 Å². The minimum atomic E-state index is -1.47. The third-order valence-electron chi connectivity index (χ3n) is 9.64. The van der Waals surface area contributed by atoms with Crippen molar-refractivity contribution in [2.75, 3.05) is 6.61 Å². The molecule has 1 aromatic heterocycles. The summed E-state index contributed by atoms with van der Waals surface area (Å²) >= 11 is 0. The van der Waals surface area contributed by atoms with Crippen LogP contribution >= 0.6 is 0 Å². The predicted molar refractivity (Wildman–Crippen MR) is 198 cm³/mol. The fourth-order valence-electron chi connectivity index (χ4n) is 6.66. The molecule has 6 rings (SSSR count). The van der Waals surface area contributed by atoms with Crippen LogP contribution in [0.15, 0.2) is 59.0 Å². The minimum absolute atomic E-state index is 0.00120. The van der Waals surface area contributed by atoms with E-state index < -0.39 is 65.8 Å². The number of ketones is 1. The van der Waals surface area contributed by atoms with Crippen LogP contribution in [0.2, 0.25) is 0 Å². The molecule has 6 N–H and O–H groups in total. The topological polar surface area (TPSA) is 205 Å². The number of aliphatic hydroxyl groups is 1. The maximum absolute atomic E-state index is 13.8. The van der Waals surface area contributed by atoms with E-state index >= 15 is 0 Å². The molecule has 3 aliphatic rings. The number of amides is 5. The zero-order valence-electron chi connectivity index (χ0n) is 31.2. The molecule has 0 fully saturated rings. The molecule has 0 saturated heterocycles. The third-order valence-corrected chi connectivity index (χ3v) is 9.64. The maximum atomic E-state index is 13.8. The van der Waals surface area contributed by atoms with E-state index in [2.05, 4.69) is 26.6 Å². The second kappa shape index (κ2) is 17.5. The number of hydrogen-bond donors (Lipinski definition) is 6. The first-order chi connectivity index (χ1) is 25.7. The van der Waals surface area contributed by atoms with Crippen molar-refractivity contribution in [1.82, 2.24) is 26.6 Å². The zero-order valence-corrected chi connectivity index (χ0v) is 31.2. The largest absolute Gasteiger partial charge is 0.491 e. The zero-order chi connectivity index (χ0) is 39.1. The monoisotopic (exact) mass is 743 g/mol. The van der Waals surface area contributed by atoms with Crippen LogP contribution in [0, 0.1) is 12.8 Å². The van der Waals surface area contributed by atoms with Crippen LogP contribution in [0.5, 0.6) is 5.75 Å². The van der Waals surface area contributed by atoms with Crippen LogP contribution in [-0.4, -0.2) is 83.3 Å². The van der Waals surface area contributed by atoms with Crippen molar-refractivity contribution >= 4 is 35.3 Å². The molecule has 3 heterocycles. The molecule has 3 aromatic rings. The van der Waals surface area contributed by atoms with Gasteiger partial charge in [-0.1, -0.05) is 56.3 Å². The van der Waals surface area contributed by atoms with Gasteiger partial charge in [0.15, 0.2) is 5.78 Å². The summed E-state index contributed by atoms with van der Waals surface area (Å²) in [6.45, 7) is 7.91. The van der Waals surface area contributed by atoms with Gasteiger partial charge in [-0.2, -0.15) is 0 Å². The number of hydrogen-bond acceptors (Lipinski definition) is 9. The summed E-state index contributed by atoms with van der Waals surface area (Å²) in [7, 11) is 0. The molecule has 14 heteroatoms. The molecule has 0 unspecified atom stereocenters. The van der Waals surface area contributed by atoms with Crippen molar-refractivity contribution in [3.63, 3.8) is 0 Å². The molecule has 0 radical (unpaired) electrons. The van der Waals surface area contributed by atoms with Gasteiger partial charge in [0.05, 0.1) is 23.3 Å². The van der Waals surface area contributed by atoms with Gasteiger partial charge in [0.1, 0.15) is 48.0 Å². The second-order valence-electron chi connectivity index (χ2n) is 14.4. The Morgan fingerprint density at radius 1 is 0.852 bits per heavy atom. The number of nitrogens with one attached hydrogen (secondary N) is 5. The minimum Gasteiger partial charge on any atom is -0.491 e. The standard InChI is InChI=1S/C40H49N5O9/c1-21(2)34-39(51)42-27(18-25-10-7-6-8-11-25)20-53-28-16-14-26(15-17-28)19-29(37(49)41-22(3)36(48)45-35(23(4)46)40(52)44-34)43-38(50)32-24(5)54-31-13-9-12-30(47)33(31)32/h6-8,10-11,14-17,21-23,27,29,34-35,46H,9,12-13,18-20H2,1-5H3,(H,41,49)(H,42,51)(H,43,50)(H,44,52)(H,45,48)/t22-,23-,27+,29+,34-,35+/m1/s1. The normalized spacial score (nSPS) is 23.6. The Labute approximate surface area is 314 Å². The number of aryl methyl sites for hydroxylation is 2. The lowest BCUT2D eigenvalue weighted by molar-refractivity contribution is -0.136. The summed E-state index contributed by atoms with van der Waals surface area (Å²) in [4.78, 5) is 81.0. The maximum Gasteiger partial charge on any atom is 0.256 e. The fourth-order valence-corrected chi connectivity index (χ4v) is 6.66. The van der Waals surface area contributed by atoms with Crippen molar-refractivity contribution in [3.05, 3.63) is 88.4 Å². The number of rotatable bonds is 6. The summed E-state index contributed by atoms with van der Waals surface area (Å²) in [5, 5.41) is 24.1. The van der Waals surface area contributed by atoms with Crippen molar-refractivity contribution in [3.8, 4) is 5.75 Å². The van der Waals surface area contributed by atoms with E-state index in [1.54, 1.807) is 45.0 Å². The molecule has 0 spiro atoms. The number of furan rings is 1. The van der Waals surface area contributed by atoms with Gasteiger partial charge < -0.3 is 40.8 Å². The van der Waals surface area contributed by atoms with Crippen LogP contribution in [0.4, 0.5) is 0 Å². The van der Waals surface area contributed by atoms with Crippen LogP contribution < -0.4 is 31.3 Å². The highest BCUT2D eigenvalue weighted by molar-refractivity contribution is 6.10. The number of fused-ring (bicyclic) bond motifs is 18. The molecule has 288 valence electrons. The van der Waals surface area contributed by atoms with Crippen LogP contribution in [0.25, 0.3) is 0 Å². The van der Waals surface area contributed by atoms with E-state index in [0.29, 0.717) is 36.3 Å². The number of carbonyl (C=O) groups excluding carboxylic acids is 6. The number of aliphatic hydroxyl groups excluding tert-OH is 1. The Kier molecular flexibility index (Phi) is 12.9. The molecule has 5 amide bonds. The van der Waals surface area contributed by atoms with Gasteiger partial charge in [0.2, 0.25) is 23.6 Å². The number of carbonyl (C=O) groups is 6. The van der Waals surface area contributed by atoms with Crippen LogP contribution in [0.1, 0.15) is 83.9 Å². The van der Waals surface area contributed by atoms with Gasteiger partial charge in [-0.3, -0.25) is 28.8 Å². The number of Topliss-reactive ketones (excluding diaryl/α,β-unsaturated/α-hetero) is 1. The average molecular weight is 744 g/mol. The van der Waals surface area contributed by atoms with Gasteiger partial charge in [-0.05, 0) is 62.8 Å². The van der Waals surface area contributed by atoms with Gasteiger partial charge >= 0.3 is 0 Å². The summed E-state index contributed by atoms with van der Waals surface area (Å²) in [5.41, 5.74) is 1.90. The van der Waals surface area contributed by atoms with E-state index in [9.17, 15) is 33.9 Å². The van der Waals surface area contributed by atoms with Gasteiger partial charge in [0.25, 0.3) is 5.91 Å². The van der Waals surface area contributed by atoms with E-state index in [4.69, 9.17) is 9.15 Å².